The lowest BCUT2D eigenvalue weighted by Gasteiger charge is -2.26. The monoisotopic (exact) mass is 496 g/mol. The first-order valence-electron chi connectivity index (χ1n) is 12.4. The predicted molar refractivity (Wildman–Crippen MR) is 144 cm³/mol. The summed E-state index contributed by atoms with van der Waals surface area (Å²) in [6.45, 7) is 19.4. The van der Waals surface area contributed by atoms with E-state index in [1.165, 1.54) is 37.7 Å². The third-order valence-corrected chi connectivity index (χ3v) is 7.11. The van der Waals surface area contributed by atoms with Gasteiger partial charge in [0.05, 0.1) is 0 Å². The molecule has 0 radical (unpaired) electrons. The van der Waals surface area contributed by atoms with Crippen LogP contribution in [0.1, 0.15) is 56.9 Å². The molecular formula is C25H48O4Si3. The van der Waals surface area contributed by atoms with E-state index in [1.54, 1.807) is 0 Å². The highest BCUT2D eigenvalue weighted by molar-refractivity contribution is 6.71. The van der Waals surface area contributed by atoms with Crippen molar-refractivity contribution < 1.29 is 18.1 Å². The topological polar surface area (TPSA) is 44.8 Å². The third-order valence-electron chi connectivity index (χ3n) is 4.61. The van der Waals surface area contributed by atoms with Crippen molar-refractivity contribution in [3.63, 3.8) is 0 Å². The summed E-state index contributed by atoms with van der Waals surface area (Å²) in [5, 5.41) is 0. The molecule has 32 heavy (non-hydrogen) atoms. The van der Waals surface area contributed by atoms with Crippen molar-refractivity contribution in [2.45, 2.75) is 117 Å². The van der Waals surface area contributed by atoms with Crippen molar-refractivity contribution in [3.05, 3.63) is 23.8 Å². The van der Waals surface area contributed by atoms with Gasteiger partial charge in [-0.3, -0.25) is 4.79 Å². The number of rotatable bonds is 15. The van der Waals surface area contributed by atoms with E-state index in [1.807, 2.05) is 0 Å². The van der Waals surface area contributed by atoms with E-state index >= 15 is 0 Å². The summed E-state index contributed by atoms with van der Waals surface area (Å²) >= 11 is 0. The maximum atomic E-state index is 11.8. The van der Waals surface area contributed by atoms with Gasteiger partial charge < -0.3 is 13.3 Å². The molecule has 0 saturated carbocycles. The second-order valence-corrected chi connectivity index (χ2v) is 25.1. The molecule has 0 fully saturated rings. The van der Waals surface area contributed by atoms with Crippen molar-refractivity contribution in [2.75, 3.05) is 0 Å². The summed E-state index contributed by atoms with van der Waals surface area (Å²) < 4.78 is 18.1. The Morgan fingerprint density at radius 1 is 0.656 bits per heavy atom. The van der Waals surface area contributed by atoms with Gasteiger partial charge in [0, 0.05) is 6.42 Å². The van der Waals surface area contributed by atoms with Gasteiger partial charge in [-0.15, -0.1) is 0 Å². The summed E-state index contributed by atoms with van der Waals surface area (Å²) in [4.78, 5) is 11.8. The summed E-state index contributed by atoms with van der Waals surface area (Å²) in [6.07, 6.45) is 9.88. The van der Waals surface area contributed by atoms with E-state index in [4.69, 9.17) is 13.3 Å². The fraction of sp³-hybridized carbons (Fsp3) is 0.720. The minimum Gasteiger partial charge on any atom is -0.542 e. The first-order chi connectivity index (χ1) is 14.6. The van der Waals surface area contributed by atoms with Gasteiger partial charge in [0.2, 0.25) is 25.0 Å². The van der Waals surface area contributed by atoms with Crippen LogP contribution in [0.3, 0.4) is 0 Å². The van der Waals surface area contributed by atoms with E-state index in [0.29, 0.717) is 6.42 Å². The summed E-state index contributed by atoms with van der Waals surface area (Å²) in [7, 11) is -5.11. The average Bonchev–Trinajstić information content (AvgIpc) is 2.58. The molecule has 0 aliphatic carbocycles. The molecule has 0 spiro atoms. The molecule has 0 unspecified atom stereocenters. The Morgan fingerprint density at radius 2 is 1.16 bits per heavy atom. The van der Waals surface area contributed by atoms with E-state index in [2.05, 4.69) is 77.1 Å². The number of unbranched alkanes of at least 4 members (excludes halogenated alkanes) is 6. The fourth-order valence-corrected chi connectivity index (χ4v) is 5.84. The molecule has 1 rings (SSSR count). The molecular weight excluding hydrogens is 449 g/mol. The SMILES string of the molecule is C[Si](C)(C)OC(=O)CCCCCCCCCc1ccc(O[Si](C)(C)C)c(O[Si](C)(C)C)c1. The number of carbonyl (C=O) groups is 1. The maximum Gasteiger partial charge on any atom is 0.292 e. The van der Waals surface area contributed by atoms with Crippen LogP contribution in [-0.4, -0.2) is 30.9 Å². The molecule has 0 saturated heterocycles. The van der Waals surface area contributed by atoms with E-state index in [0.717, 1.165) is 30.8 Å². The van der Waals surface area contributed by atoms with Crippen LogP contribution in [0.15, 0.2) is 18.2 Å². The van der Waals surface area contributed by atoms with Crippen molar-refractivity contribution in [1.82, 2.24) is 0 Å². The summed E-state index contributed by atoms with van der Waals surface area (Å²) in [5.74, 6) is 1.82. The van der Waals surface area contributed by atoms with Crippen molar-refractivity contribution >= 4 is 30.9 Å². The highest BCUT2D eigenvalue weighted by Crippen LogP contribution is 2.33. The molecule has 7 heteroatoms. The molecule has 0 aromatic heterocycles. The number of hydrogen-bond acceptors (Lipinski definition) is 4. The number of benzene rings is 1. The molecule has 0 heterocycles. The molecule has 1 aromatic carbocycles. The van der Waals surface area contributed by atoms with Crippen LogP contribution < -0.4 is 8.85 Å². The normalized spacial score (nSPS) is 12.5. The number of hydrogen-bond donors (Lipinski definition) is 0. The van der Waals surface area contributed by atoms with Crippen LogP contribution in [0, 0.1) is 0 Å². The average molecular weight is 497 g/mol. The van der Waals surface area contributed by atoms with Crippen LogP contribution in [0.2, 0.25) is 58.9 Å². The van der Waals surface area contributed by atoms with Gasteiger partial charge in [-0.05, 0) is 95.9 Å². The lowest BCUT2D eigenvalue weighted by atomic mass is 10.0. The lowest BCUT2D eigenvalue weighted by molar-refractivity contribution is -0.135. The zero-order chi connectivity index (χ0) is 24.4. The summed E-state index contributed by atoms with van der Waals surface area (Å²) in [6, 6.07) is 6.51. The molecule has 184 valence electrons. The Morgan fingerprint density at radius 3 is 1.69 bits per heavy atom. The Hall–Kier alpha value is -1.06. The quantitative estimate of drug-likeness (QED) is 0.181. The number of carbonyl (C=O) groups excluding carboxylic acids is 1. The molecule has 0 amide bonds. The van der Waals surface area contributed by atoms with E-state index in [-0.39, 0.29) is 5.97 Å². The van der Waals surface area contributed by atoms with Crippen molar-refractivity contribution in [3.8, 4) is 11.5 Å². The van der Waals surface area contributed by atoms with Crippen LogP contribution in [-0.2, 0) is 15.6 Å². The minimum absolute atomic E-state index is 0.0112. The van der Waals surface area contributed by atoms with Crippen LogP contribution in [0.25, 0.3) is 0 Å². The Kier molecular flexibility index (Phi) is 11.8. The second-order valence-electron chi connectivity index (χ2n) is 11.8. The first kappa shape index (κ1) is 29.0. The molecule has 0 bridgehead atoms. The van der Waals surface area contributed by atoms with Crippen LogP contribution in [0.5, 0.6) is 11.5 Å². The predicted octanol–water partition coefficient (Wildman–Crippen LogP) is 8.16. The number of aryl methyl sites for hydroxylation is 1. The van der Waals surface area contributed by atoms with Crippen molar-refractivity contribution in [1.29, 1.82) is 0 Å². The molecule has 0 atom stereocenters. The van der Waals surface area contributed by atoms with Crippen LogP contribution >= 0.6 is 0 Å². The highest BCUT2D eigenvalue weighted by atomic mass is 28.4. The molecule has 0 N–H and O–H groups in total. The molecule has 0 aliphatic heterocycles. The second kappa shape index (κ2) is 13.0. The molecule has 1 aromatic rings. The van der Waals surface area contributed by atoms with Gasteiger partial charge in [-0.25, -0.2) is 0 Å². The molecule has 0 aliphatic rings. The minimum atomic E-state index is -1.73. The maximum absolute atomic E-state index is 11.8. The summed E-state index contributed by atoms with van der Waals surface area (Å²) in [5.41, 5.74) is 1.34. The Labute approximate surface area is 200 Å². The molecule has 4 nitrogen and oxygen atoms in total. The van der Waals surface area contributed by atoms with E-state index in [9.17, 15) is 4.79 Å². The van der Waals surface area contributed by atoms with Gasteiger partial charge in [-0.2, -0.15) is 0 Å². The van der Waals surface area contributed by atoms with Gasteiger partial charge in [0.1, 0.15) is 11.5 Å². The standard InChI is InChI=1S/C25H48O4Si3/c1-30(2,3)27-23-20-19-22(21-24(23)28-31(4,5)6)17-15-13-11-10-12-14-16-18-25(26)29-32(7,8)9/h19-21H,10-18H2,1-9H3. The third kappa shape index (κ3) is 14.9. The Balaban J connectivity index is 2.34. The zero-order valence-electron chi connectivity index (χ0n) is 22.2. The van der Waals surface area contributed by atoms with Gasteiger partial charge >= 0.3 is 0 Å². The zero-order valence-corrected chi connectivity index (χ0v) is 25.2. The Bertz CT molecular complexity index is 701. The lowest BCUT2D eigenvalue weighted by Crippen LogP contribution is -2.32. The van der Waals surface area contributed by atoms with Gasteiger partial charge in [0.25, 0.3) is 5.97 Å². The van der Waals surface area contributed by atoms with Gasteiger partial charge in [0.15, 0.2) is 0 Å². The van der Waals surface area contributed by atoms with Crippen molar-refractivity contribution in [2.24, 2.45) is 0 Å². The van der Waals surface area contributed by atoms with E-state index < -0.39 is 25.0 Å². The highest BCUT2D eigenvalue weighted by Gasteiger charge is 2.23. The fourth-order valence-electron chi connectivity index (χ4n) is 3.41. The first-order valence-corrected chi connectivity index (χ1v) is 22.6. The largest absolute Gasteiger partial charge is 0.542 e. The van der Waals surface area contributed by atoms with Crippen LogP contribution in [0.4, 0.5) is 0 Å². The smallest absolute Gasteiger partial charge is 0.292 e. The van der Waals surface area contributed by atoms with Gasteiger partial charge in [-0.1, -0.05) is 38.2 Å².